The molecule has 0 aromatic heterocycles. The van der Waals surface area contributed by atoms with E-state index in [1.807, 2.05) is 41.5 Å². The zero-order chi connectivity index (χ0) is 18.5. The molecular formula is C16H36O6Si2. The van der Waals surface area contributed by atoms with Crippen LogP contribution in [0.3, 0.4) is 0 Å². The Morgan fingerprint density at radius 1 is 0.542 bits per heavy atom. The molecule has 6 nitrogen and oxygen atoms in total. The topological polar surface area (TPSA) is 55.4 Å². The predicted molar refractivity (Wildman–Crippen MR) is 100 cm³/mol. The van der Waals surface area contributed by atoms with Crippen LogP contribution in [0.2, 0.25) is 12.1 Å². The SMILES string of the molecule is C=C(C[Si](OCC)(OCC)OCC)C[Si](OCC)(OCC)OCC. The van der Waals surface area contributed by atoms with Crippen LogP contribution in [0.15, 0.2) is 12.2 Å². The Morgan fingerprint density at radius 2 is 0.750 bits per heavy atom. The highest BCUT2D eigenvalue weighted by Gasteiger charge is 2.46. The van der Waals surface area contributed by atoms with E-state index in [9.17, 15) is 0 Å². The van der Waals surface area contributed by atoms with Gasteiger partial charge in [-0.25, -0.2) is 0 Å². The summed E-state index contributed by atoms with van der Waals surface area (Å²) in [5, 5.41) is 0. The monoisotopic (exact) mass is 380 g/mol. The molecule has 0 aromatic carbocycles. The minimum Gasteiger partial charge on any atom is -0.374 e. The van der Waals surface area contributed by atoms with E-state index in [4.69, 9.17) is 26.6 Å². The summed E-state index contributed by atoms with van der Waals surface area (Å²) < 4.78 is 35.4. The average Bonchev–Trinajstić information content (AvgIpc) is 2.48. The predicted octanol–water partition coefficient (Wildman–Crippen LogP) is 3.64. The first-order chi connectivity index (χ1) is 11.5. The van der Waals surface area contributed by atoms with Crippen LogP contribution in [0, 0.1) is 0 Å². The van der Waals surface area contributed by atoms with E-state index in [1.165, 1.54) is 0 Å². The third kappa shape index (κ3) is 8.35. The van der Waals surface area contributed by atoms with Gasteiger partial charge in [0, 0.05) is 51.7 Å². The zero-order valence-corrected chi connectivity index (χ0v) is 18.3. The fraction of sp³-hybridized carbons (Fsp3) is 0.875. The van der Waals surface area contributed by atoms with Crippen molar-refractivity contribution >= 4 is 17.6 Å². The van der Waals surface area contributed by atoms with Crippen molar-refractivity contribution in [1.82, 2.24) is 0 Å². The minimum absolute atomic E-state index is 0.546. The maximum atomic E-state index is 5.90. The maximum Gasteiger partial charge on any atom is 0.505 e. The third-order valence-electron chi connectivity index (χ3n) is 3.12. The Morgan fingerprint density at radius 3 is 0.917 bits per heavy atom. The van der Waals surface area contributed by atoms with Gasteiger partial charge in [-0.05, 0) is 41.5 Å². The molecule has 0 aliphatic rings. The van der Waals surface area contributed by atoms with E-state index < -0.39 is 17.6 Å². The molecule has 0 radical (unpaired) electrons. The summed E-state index contributed by atoms with van der Waals surface area (Å²) in [4.78, 5) is 0. The maximum absolute atomic E-state index is 5.90. The van der Waals surface area contributed by atoms with Gasteiger partial charge in [0.05, 0.1) is 0 Å². The first-order valence-corrected chi connectivity index (χ1v) is 12.8. The summed E-state index contributed by atoms with van der Waals surface area (Å²) in [6, 6.07) is 1.09. The van der Waals surface area contributed by atoms with E-state index >= 15 is 0 Å². The minimum atomic E-state index is -2.77. The molecule has 0 heterocycles. The van der Waals surface area contributed by atoms with E-state index in [1.54, 1.807) is 0 Å². The Kier molecular flexibility index (Phi) is 13.1. The van der Waals surface area contributed by atoms with Crippen molar-refractivity contribution in [3.05, 3.63) is 12.2 Å². The lowest BCUT2D eigenvalue weighted by Gasteiger charge is -2.32. The Bertz CT molecular complexity index is 276. The standard InChI is InChI=1S/C16H36O6Si2/c1-8-17-23(18-9-2,19-10-3)14-16(7)15-24(20-11-4,21-12-5)22-13-6/h7-15H2,1-6H3. The van der Waals surface area contributed by atoms with Crippen molar-refractivity contribution < 1.29 is 26.6 Å². The summed E-state index contributed by atoms with van der Waals surface area (Å²) in [6.45, 7) is 19.2. The molecule has 0 aliphatic heterocycles. The van der Waals surface area contributed by atoms with Crippen LogP contribution in [0.1, 0.15) is 41.5 Å². The Balaban J connectivity index is 5.16. The van der Waals surface area contributed by atoms with Crippen LogP contribution in [0.4, 0.5) is 0 Å². The number of rotatable bonds is 16. The molecule has 0 saturated carbocycles. The molecule has 0 atom stereocenters. The van der Waals surface area contributed by atoms with Crippen LogP contribution in [-0.4, -0.2) is 57.3 Å². The molecule has 0 N–H and O–H groups in total. The highest BCUT2D eigenvalue weighted by molar-refractivity contribution is 6.64. The number of hydrogen-bond acceptors (Lipinski definition) is 6. The molecule has 8 heteroatoms. The molecule has 0 spiro atoms. The Labute approximate surface area is 150 Å². The molecule has 0 unspecified atom stereocenters. The smallest absolute Gasteiger partial charge is 0.374 e. The molecule has 0 bridgehead atoms. The van der Waals surface area contributed by atoms with E-state index in [2.05, 4.69) is 6.58 Å². The van der Waals surface area contributed by atoms with Gasteiger partial charge in [-0.15, -0.1) is 0 Å². The van der Waals surface area contributed by atoms with E-state index in [0.29, 0.717) is 51.7 Å². The third-order valence-corrected chi connectivity index (χ3v) is 9.36. The first-order valence-electron chi connectivity index (χ1n) is 8.97. The van der Waals surface area contributed by atoms with Crippen molar-refractivity contribution in [3.63, 3.8) is 0 Å². The van der Waals surface area contributed by atoms with Crippen molar-refractivity contribution in [2.24, 2.45) is 0 Å². The quantitative estimate of drug-likeness (QED) is 0.301. The second-order valence-electron chi connectivity index (χ2n) is 5.07. The van der Waals surface area contributed by atoms with Crippen LogP contribution in [0.5, 0.6) is 0 Å². The summed E-state index contributed by atoms with van der Waals surface area (Å²) in [7, 11) is -5.54. The Hall–Kier alpha value is -0.0662. The molecule has 0 saturated heterocycles. The molecular weight excluding hydrogens is 344 g/mol. The summed E-state index contributed by atoms with van der Waals surface area (Å²) >= 11 is 0. The van der Waals surface area contributed by atoms with Gasteiger partial charge in [0.25, 0.3) is 0 Å². The molecule has 0 aliphatic carbocycles. The fourth-order valence-corrected chi connectivity index (χ4v) is 8.03. The van der Waals surface area contributed by atoms with Gasteiger partial charge in [-0.3, -0.25) is 0 Å². The van der Waals surface area contributed by atoms with Gasteiger partial charge < -0.3 is 26.6 Å². The van der Waals surface area contributed by atoms with Crippen LogP contribution in [0.25, 0.3) is 0 Å². The van der Waals surface area contributed by atoms with E-state index in [-0.39, 0.29) is 0 Å². The van der Waals surface area contributed by atoms with Crippen molar-refractivity contribution in [1.29, 1.82) is 0 Å². The molecule has 0 fully saturated rings. The van der Waals surface area contributed by atoms with E-state index in [0.717, 1.165) is 5.57 Å². The fourth-order valence-electron chi connectivity index (χ4n) is 2.55. The number of allylic oxidation sites excluding steroid dienone is 1. The summed E-state index contributed by atoms with van der Waals surface area (Å²) in [5.41, 5.74) is 0.930. The second-order valence-corrected chi connectivity index (χ2v) is 10.2. The van der Waals surface area contributed by atoms with Crippen molar-refractivity contribution in [2.45, 2.75) is 53.6 Å². The normalized spacial score (nSPS) is 12.6. The van der Waals surface area contributed by atoms with Crippen molar-refractivity contribution in [3.8, 4) is 0 Å². The molecule has 0 aromatic rings. The largest absolute Gasteiger partial charge is 0.505 e. The molecule has 144 valence electrons. The lowest BCUT2D eigenvalue weighted by Crippen LogP contribution is -2.49. The van der Waals surface area contributed by atoms with Crippen LogP contribution >= 0.6 is 0 Å². The van der Waals surface area contributed by atoms with Gasteiger partial charge in [0.2, 0.25) is 0 Å². The average molecular weight is 381 g/mol. The first kappa shape index (κ1) is 23.9. The lowest BCUT2D eigenvalue weighted by molar-refractivity contribution is 0.0699. The van der Waals surface area contributed by atoms with Crippen LogP contribution < -0.4 is 0 Å². The van der Waals surface area contributed by atoms with Gasteiger partial charge in [-0.1, -0.05) is 12.2 Å². The highest BCUT2D eigenvalue weighted by atomic mass is 28.4. The zero-order valence-electron chi connectivity index (χ0n) is 16.3. The molecule has 0 amide bonds. The lowest BCUT2D eigenvalue weighted by atomic mass is 10.4. The summed E-state index contributed by atoms with van der Waals surface area (Å²) in [5.74, 6) is 0. The van der Waals surface area contributed by atoms with Crippen LogP contribution in [-0.2, 0) is 26.6 Å². The molecule has 24 heavy (non-hydrogen) atoms. The molecule has 0 rings (SSSR count). The van der Waals surface area contributed by atoms with Gasteiger partial charge in [0.15, 0.2) is 0 Å². The van der Waals surface area contributed by atoms with Gasteiger partial charge in [-0.2, -0.15) is 0 Å². The summed E-state index contributed by atoms with van der Waals surface area (Å²) in [6.07, 6.45) is 0. The van der Waals surface area contributed by atoms with Gasteiger partial charge in [0.1, 0.15) is 0 Å². The second kappa shape index (κ2) is 13.2. The highest BCUT2D eigenvalue weighted by Crippen LogP contribution is 2.28. The number of hydrogen-bond donors (Lipinski definition) is 0. The van der Waals surface area contributed by atoms with Gasteiger partial charge >= 0.3 is 17.6 Å². The van der Waals surface area contributed by atoms with Crippen molar-refractivity contribution in [2.75, 3.05) is 39.6 Å².